The van der Waals surface area contributed by atoms with E-state index < -0.39 is 0 Å². The van der Waals surface area contributed by atoms with Gasteiger partial charge in [0.25, 0.3) is 0 Å². The molecule has 0 fully saturated rings. The molecule has 0 radical (unpaired) electrons. The lowest BCUT2D eigenvalue weighted by atomic mass is 9.96. The van der Waals surface area contributed by atoms with Crippen molar-refractivity contribution in [2.75, 3.05) is 5.73 Å². The molecule has 0 aliphatic rings. The van der Waals surface area contributed by atoms with Gasteiger partial charge in [-0.05, 0) is 33.0 Å². The molecule has 0 amide bonds. The van der Waals surface area contributed by atoms with Crippen LogP contribution in [0.4, 0.5) is 5.69 Å². The highest BCUT2D eigenvalue weighted by Gasteiger charge is 2.06. The van der Waals surface area contributed by atoms with E-state index in [0.29, 0.717) is 0 Å². The predicted octanol–water partition coefficient (Wildman–Crippen LogP) is 4.73. The molecule has 4 aromatic rings. The molecule has 0 atom stereocenters. The van der Waals surface area contributed by atoms with Crippen molar-refractivity contribution in [1.29, 1.82) is 0 Å². The molecule has 4 rings (SSSR count). The van der Waals surface area contributed by atoms with Crippen molar-refractivity contribution >= 4 is 38.0 Å². The molecule has 0 aliphatic carbocycles. The zero-order valence-corrected chi connectivity index (χ0v) is 10.4. The quantitative estimate of drug-likeness (QED) is 0.350. The van der Waals surface area contributed by atoms with E-state index in [2.05, 4.69) is 60.7 Å². The summed E-state index contributed by atoms with van der Waals surface area (Å²) in [7, 11) is 0. The van der Waals surface area contributed by atoms with Gasteiger partial charge >= 0.3 is 0 Å². The fourth-order valence-corrected chi connectivity index (χ4v) is 2.89. The molecule has 1 heteroatoms. The van der Waals surface area contributed by atoms with Gasteiger partial charge in [-0.2, -0.15) is 0 Å². The first-order valence-corrected chi connectivity index (χ1v) is 6.43. The van der Waals surface area contributed by atoms with Crippen molar-refractivity contribution in [2.45, 2.75) is 0 Å². The van der Waals surface area contributed by atoms with Crippen molar-refractivity contribution in [3.8, 4) is 0 Å². The van der Waals surface area contributed by atoms with Crippen molar-refractivity contribution in [3.05, 3.63) is 66.7 Å². The van der Waals surface area contributed by atoms with Gasteiger partial charge in [0.05, 0.1) is 0 Å². The van der Waals surface area contributed by atoms with E-state index in [1.54, 1.807) is 0 Å². The Labute approximate surface area is 111 Å². The molecule has 0 saturated carbocycles. The summed E-state index contributed by atoms with van der Waals surface area (Å²) in [4.78, 5) is 0. The summed E-state index contributed by atoms with van der Waals surface area (Å²) >= 11 is 0. The van der Waals surface area contributed by atoms with Crippen LogP contribution in [0.2, 0.25) is 0 Å². The smallest absolute Gasteiger partial charge is 0.0400 e. The summed E-state index contributed by atoms with van der Waals surface area (Å²) < 4.78 is 0. The van der Waals surface area contributed by atoms with Crippen LogP contribution in [0.25, 0.3) is 32.3 Å². The first-order chi connectivity index (χ1) is 9.34. The molecule has 90 valence electrons. The van der Waals surface area contributed by atoms with Gasteiger partial charge in [0, 0.05) is 11.1 Å². The van der Waals surface area contributed by atoms with E-state index in [1.165, 1.54) is 26.9 Å². The molecule has 0 unspecified atom stereocenters. The fourth-order valence-electron chi connectivity index (χ4n) is 2.89. The molecule has 0 bridgehead atoms. The van der Waals surface area contributed by atoms with Crippen LogP contribution in [0.3, 0.4) is 0 Å². The molecule has 0 heterocycles. The van der Waals surface area contributed by atoms with Crippen molar-refractivity contribution < 1.29 is 0 Å². The van der Waals surface area contributed by atoms with E-state index in [-0.39, 0.29) is 0 Å². The van der Waals surface area contributed by atoms with Crippen LogP contribution in [-0.2, 0) is 0 Å². The molecule has 1 nitrogen and oxygen atoms in total. The zero-order chi connectivity index (χ0) is 12.8. The second-order valence-corrected chi connectivity index (χ2v) is 4.89. The Bertz CT molecular complexity index is 922. The third kappa shape index (κ3) is 1.42. The Morgan fingerprint density at radius 1 is 0.526 bits per heavy atom. The van der Waals surface area contributed by atoms with Crippen LogP contribution >= 0.6 is 0 Å². The SMILES string of the molecule is Nc1cc2c3ccccc3ccc2c2ccccc12. The molecule has 0 spiro atoms. The lowest BCUT2D eigenvalue weighted by Crippen LogP contribution is -1.89. The number of rotatable bonds is 0. The molecule has 0 aliphatic heterocycles. The van der Waals surface area contributed by atoms with Gasteiger partial charge < -0.3 is 5.73 Å². The topological polar surface area (TPSA) is 26.0 Å². The molecule has 0 saturated heterocycles. The number of fused-ring (bicyclic) bond motifs is 5. The summed E-state index contributed by atoms with van der Waals surface area (Å²) in [6, 6.07) is 23.2. The predicted molar refractivity (Wildman–Crippen MR) is 83.4 cm³/mol. The minimum absolute atomic E-state index is 0.847. The summed E-state index contributed by atoms with van der Waals surface area (Å²) in [6.45, 7) is 0. The first kappa shape index (κ1) is 10.4. The average Bonchev–Trinajstić information content (AvgIpc) is 2.47. The number of hydrogen-bond acceptors (Lipinski definition) is 1. The highest BCUT2D eigenvalue weighted by atomic mass is 14.5. The van der Waals surface area contributed by atoms with E-state index in [1.807, 2.05) is 6.07 Å². The van der Waals surface area contributed by atoms with Crippen molar-refractivity contribution in [1.82, 2.24) is 0 Å². The standard InChI is InChI=1S/C18H13N/c19-18-11-17-13-6-2-1-5-12(13)9-10-15(17)14-7-3-4-8-16(14)18/h1-11H,19H2. The van der Waals surface area contributed by atoms with Crippen LogP contribution < -0.4 is 5.73 Å². The van der Waals surface area contributed by atoms with Gasteiger partial charge in [0.15, 0.2) is 0 Å². The average molecular weight is 243 g/mol. The Morgan fingerprint density at radius 2 is 1.16 bits per heavy atom. The van der Waals surface area contributed by atoms with Crippen LogP contribution in [0.15, 0.2) is 66.7 Å². The Kier molecular flexibility index (Phi) is 2.04. The number of hydrogen-bond donors (Lipinski definition) is 1. The molecule has 19 heavy (non-hydrogen) atoms. The lowest BCUT2D eigenvalue weighted by Gasteiger charge is -2.09. The van der Waals surface area contributed by atoms with Crippen LogP contribution in [0.1, 0.15) is 0 Å². The summed E-state index contributed by atoms with van der Waals surface area (Å²) in [5.74, 6) is 0. The number of anilines is 1. The second kappa shape index (κ2) is 3.72. The zero-order valence-electron chi connectivity index (χ0n) is 10.4. The van der Waals surface area contributed by atoms with E-state index in [4.69, 9.17) is 5.73 Å². The maximum atomic E-state index is 6.21. The minimum atomic E-state index is 0.847. The Hall–Kier alpha value is -2.54. The van der Waals surface area contributed by atoms with Gasteiger partial charge in [-0.3, -0.25) is 0 Å². The fraction of sp³-hybridized carbons (Fsp3) is 0. The molecular formula is C18H13N. The maximum absolute atomic E-state index is 6.21. The van der Waals surface area contributed by atoms with Gasteiger partial charge in [0.1, 0.15) is 0 Å². The highest BCUT2D eigenvalue weighted by molar-refractivity contribution is 6.20. The molecule has 2 N–H and O–H groups in total. The third-order valence-electron chi connectivity index (χ3n) is 3.80. The van der Waals surface area contributed by atoms with E-state index >= 15 is 0 Å². The van der Waals surface area contributed by atoms with Crippen LogP contribution in [-0.4, -0.2) is 0 Å². The highest BCUT2D eigenvalue weighted by Crippen LogP contribution is 2.34. The van der Waals surface area contributed by atoms with Crippen LogP contribution in [0.5, 0.6) is 0 Å². The second-order valence-electron chi connectivity index (χ2n) is 4.89. The lowest BCUT2D eigenvalue weighted by molar-refractivity contribution is 1.76. The third-order valence-corrected chi connectivity index (χ3v) is 3.80. The minimum Gasteiger partial charge on any atom is -0.398 e. The van der Waals surface area contributed by atoms with Gasteiger partial charge in [-0.25, -0.2) is 0 Å². The Balaban J connectivity index is 2.34. The van der Waals surface area contributed by atoms with E-state index in [9.17, 15) is 0 Å². The molecular weight excluding hydrogens is 230 g/mol. The normalized spacial score (nSPS) is 11.4. The Morgan fingerprint density at radius 3 is 2.00 bits per heavy atom. The van der Waals surface area contributed by atoms with Gasteiger partial charge in [-0.15, -0.1) is 0 Å². The van der Waals surface area contributed by atoms with Crippen molar-refractivity contribution in [3.63, 3.8) is 0 Å². The van der Waals surface area contributed by atoms with Gasteiger partial charge in [0.2, 0.25) is 0 Å². The molecule has 0 aromatic heterocycles. The van der Waals surface area contributed by atoms with Gasteiger partial charge in [-0.1, -0.05) is 60.7 Å². The molecule has 4 aromatic carbocycles. The number of nitrogens with two attached hydrogens (primary N) is 1. The largest absolute Gasteiger partial charge is 0.398 e. The first-order valence-electron chi connectivity index (χ1n) is 6.43. The summed E-state index contributed by atoms with van der Waals surface area (Å²) in [5, 5.41) is 7.37. The summed E-state index contributed by atoms with van der Waals surface area (Å²) in [5.41, 5.74) is 7.06. The van der Waals surface area contributed by atoms with Crippen molar-refractivity contribution in [2.24, 2.45) is 0 Å². The number of nitrogen functional groups attached to an aromatic ring is 1. The van der Waals surface area contributed by atoms with Crippen LogP contribution in [0, 0.1) is 0 Å². The monoisotopic (exact) mass is 243 g/mol. The van der Waals surface area contributed by atoms with E-state index in [0.717, 1.165) is 11.1 Å². The maximum Gasteiger partial charge on any atom is 0.0400 e. The number of benzene rings is 4. The summed E-state index contributed by atoms with van der Waals surface area (Å²) in [6.07, 6.45) is 0.